The van der Waals surface area contributed by atoms with Crippen molar-refractivity contribution >= 4 is 11.6 Å². The van der Waals surface area contributed by atoms with Crippen LogP contribution in [0.15, 0.2) is 18.2 Å². The van der Waals surface area contributed by atoms with Gasteiger partial charge < -0.3 is 4.74 Å². The molecule has 0 aromatic heterocycles. The van der Waals surface area contributed by atoms with Crippen LogP contribution in [0, 0.1) is 0 Å². The second-order valence-corrected chi connectivity index (χ2v) is 2.20. The van der Waals surface area contributed by atoms with Crippen molar-refractivity contribution in [3.8, 4) is 11.5 Å². The number of halogens is 1. The molecular formula is C7H6ClO2. The zero-order valence-electron chi connectivity index (χ0n) is 5.43. The van der Waals surface area contributed by atoms with Crippen molar-refractivity contribution in [2.24, 2.45) is 0 Å². The summed E-state index contributed by atoms with van der Waals surface area (Å²) in [7, 11) is 1.50. The third kappa shape index (κ3) is 1.33. The van der Waals surface area contributed by atoms with E-state index in [-0.39, 0.29) is 10.8 Å². The summed E-state index contributed by atoms with van der Waals surface area (Å²) >= 11 is 5.47. The molecule has 0 saturated heterocycles. The lowest BCUT2D eigenvalue weighted by Crippen LogP contribution is -1.80. The van der Waals surface area contributed by atoms with Crippen LogP contribution in [0.3, 0.4) is 0 Å². The van der Waals surface area contributed by atoms with E-state index in [4.69, 9.17) is 16.3 Å². The van der Waals surface area contributed by atoms with E-state index in [1.165, 1.54) is 19.2 Å². The Balaban J connectivity index is 3.04. The van der Waals surface area contributed by atoms with E-state index in [9.17, 15) is 5.11 Å². The van der Waals surface area contributed by atoms with Crippen LogP contribution >= 0.6 is 11.6 Å². The number of methoxy groups -OCH3 is 1. The summed E-state index contributed by atoms with van der Waals surface area (Å²) in [5.74, 6) is 0.329. The van der Waals surface area contributed by atoms with Gasteiger partial charge in [-0.2, -0.15) is 0 Å². The Morgan fingerprint density at radius 3 is 2.70 bits per heavy atom. The summed E-state index contributed by atoms with van der Waals surface area (Å²) in [6.45, 7) is 0. The van der Waals surface area contributed by atoms with Crippen molar-refractivity contribution in [1.82, 2.24) is 0 Å². The maximum atomic E-state index is 10.8. The monoisotopic (exact) mass is 157 g/mol. The Labute approximate surface area is 64.0 Å². The zero-order chi connectivity index (χ0) is 7.56. The molecule has 0 aliphatic rings. The van der Waals surface area contributed by atoms with E-state index >= 15 is 0 Å². The fraction of sp³-hybridized carbons (Fsp3) is 0.143. The van der Waals surface area contributed by atoms with E-state index in [1.54, 1.807) is 6.07 Å². The molecular weight excluding hydrogens is 152 g/mol. The number of hydrogen-bond donors (Lipinski definition) is 0. The highest BCUT2D eigenvalue weighted by molar-refractivity contribution is 6.32. The average molecular weight is 158 g/mol. The smallest absolute Gasteiger partial charge is 0.200 e. The first kappa shape index (κ1) is 7.22. The predicted molar refractivity (Wildman–Crippen MR) is 38.1 cm³/mol. The van der Waals surface area contributed by atoms with Gasteiger partial charge in [-0.1, -0.05) is 11.6 Å². The third-order valence-corrected chi connectivity index (χ3v) is 1.45. The first-order valence-corrected chi connectivity index (χ1v) is 3.12. The molecule has 1 rings (SSSR count). The molecule has 0 amide bonds. The number of hydrogen-bond acceptors (Lipinski definition) is 1. The van der Waals surface area contributed by atoms with E-state index in [1.807, 2.05) is 0 Å². The second kappa shape index (κ2) is 2.80. The lowest BCUT2D eigenvalue weighted by atomic mass is 10.3. The van der Waals surface area contributed by atoms with E-state index in [0.29, 0.717) is 5.75 Å². The first-order chi connectivity index (χ1) is 4.74. The van der Waals surface area contributed by atoms with Gasteiger partial charge in [0.1, 0.15) is 5.75 Å². The normalized spacial score (nSPS) is 9.40. The molecule has 0 aliphatic heterocycles. The lowest BCUT2D eigenvalue weighted by Gasteiger charge is -1.98. The summed E-state index contributed by atoms with van der Waals surface area (Å²) in [6, 6.07) is 4.51. The molecule has 0 heterocycles. The van der Waals surface area contributed by atoms with Crippen molar-refractivity contribution in [3.63, 3.8) is 0 Å². The molecule has 0 fully saturated rings. The Bertz CT molecular complexity index is 235. The first-order valence-electron chi connectivity index (χ1n) is 2.74. The van der Waals surface area contributed by atoms with Crippen LogP contribution < -0.4 is 4.74 Å². The summed E-state index contributed by atoms with van der Waals surface area (Å²) in [6.07, 6.45) is 0. The van der Waals surface area contributed by atoms with Gasteiger partial charge in [0.25, 0.3) is 0 Å². The minimum absolute atomic E-state index is 0.207. The van der Waals surface area contributed by atoms with E-state index < -0.39 is 0 Å². The van der Waals surface area contributed by atoms with Crippen LogP contribution in [0.2, 0.25) is 5.02 Å². The Hall–Kier alpha value is -0.890. The average Bonchev–Trinajstić information content (AvgIpc) is 1.95. The fourth-order valence-electron chi connectivity index (χ4n) is 0.611. The largest absolute Gasteiger partial charge is 0.497 e. The van der Waals surface area contributed by atoms with Crippen LogP contribution in [0.25, 0.3) is 0 Å². The van der Waals surface area contributed by atoms with Crippen LogP contribution in [-0.2, 0) is 5.11 Å². The van der Waals surface area contributed by atoms with E-state index in [2.05, 4.69) is 0 Å². The van der Waals surface area contributed by atoms with Gasteiger partial charge in [0.05, 0.1) is 12.1 Å². The van der Waals surface area contributed by atoms with Crippen LogP contribution in [0.4, 0.5) is 0 Å². The molecule has 0 unspecified atom stereocenters. The molecule has 10 heavy (non-hydrogen) atoms. The minimum Gasteiger partial charge on any atom is -0.497 e. The topological polar surface area (TPSA) is 29.1 Å². The van der Waals surface area contributed by atoms with Gasteiger partial charge in [-0.15, -0.1) is 0 Å². The molecule has 1 aromatic rings. The van der Waals surface area contributed by atoms with E-state index in [0.717, 1.165) is 0 Å². The summed E-state index contributed by atoms with van der Waals surface area (Å²) in [4.78, 5) is 0. The summed E-state index contributed by atoms with van der Waals surface area (Å²) in [5.41, 5.74) is 0. The van der Waals surface area contributed by atoms with Gasteiger partial charge in [-0.25, -0.2) is 0 Å². The van der Waals surface area contributed by atoms with Crippen molar-refractivity contribution < 1.29 is 9.84 Å². The molecule has 1 radical (unpaired) electrons. The van der Waals surface area contributed by atoms with Gasteiger partial charge in [-0.3, -0.25) is 5.11 Å². The molecule has 1 aromatic carbocycles. The highest BCUT2D eigenvalue weighted by Gasteiger charge is 2.00. The molecule has 0 bridgehead atoms. The molecule has 0 spiro atoms. The van der Waals surface area contributed by atoms with Gasteiger partial charge in [0.2, 0.25) is 5.75 Å². The Morgan fingerprint density at radius 2 is 2.20 bits per heavy atom. The SMILES string of the molecule is COc1ccc(Cl)c([O])c1. The highest BCUT2D eigenvalue weighted by atomic mass is 35.5. The molecule has 0 aliphatic carbocycles. The number of benzene rings is 1. The van der Waals surface area contributed by atoms with Crippen LogP contribution in [0.5, 0.6) is 11.5 Å². The number of rotatable bonds is 1. The van der Waals surface area contributed by atoms with Crippen molar-refractivity contribution in [3.05, 3.63) is 23.2 Å². The molecule has 0 N–H and O–H groups in total. The third-order valence-electron chi connectivity index (χ3n) is 1.14. The summed E-state index contributed by atoms with van der Waals surface area (Å²) in [5, 5.41) is 11.0. The summed E-state index contributed by atoms with van der Waals surface area (Å²) < 4.78 is 4.79. The maximum Gasteiger partial charge on any atom is 0.200 e. The molecule has 2 nitrogen and oxygen atoms in total. The van der Waals surface area contributed by atoms with Gasteiger partial charge in [0, 0.05) is 6.07 Å². The standard InChI is InChI=1S/C7H6ClO2/c1-10-5-2-3-6(8)7(9)4-5/h2-4H,1H3. The Morgan fingerprint density at radius 1 is 1.50 bits per heavy atom. The maximum absolute atomic E-state index is 10.8. The highest BCUT2D eigenvalue weighted by Crippen LogP contribution is 2.27. The minimum atomic E-state index is -0.207. The number of ether oxygens (including phenoxy) is 1. The van der Waals surface area contributed by atoms with Gasteiger partial charge in [0.15, 0.2) is 0 Å². The Kier molecular flexibility index (Phi) is 2.02. The fourth-order valence-corrected chi connectivity index (χ4v) is 0.728. The molecule has 3 heteroatoms. The van der Waals surface area contributed by atoms with Gasteiger partial charge >= 0.3 is 0 Å². The zero-order valence-corrected chi connectivity index (χ0v) is 6.18. The van der Waals surface area contributed by atoms with Crippen molar-refractivity contribution in [2.45, 2.75) is 0 Å². The van der Waals surface area contributed by atoms with Gasteiger partial charge in [-0.05, 0) is 12.1 Å². The van der Waals surface area contributed by atoms with Crippen molar-refractivity contribution in [1.29, 1.82) is 0 Å². The van der Waals surface area contributed by atoms with Crippen LogP contribution in [0.1, 0.15) is 0 Å². The second-order valence-electron chi connectivity index (χ2n) is 1.80. The lowest BCUT2D eigenvalue weighted by molar-refractivity contribution is 0.349. The molecule has 53 valence electrons. The van der Waals surface area contributed by atoms with Crippen LogP contribution in [-0.4, -0.2) is 7.11 Å². The molecule has 0 atom stereocenters. The quantitative estimate of drug-likeness (QED) is 0.616. The predicted octanol–water partition coefficient (Wildman–Crippen LogP) is 2.49. The van der Waals surface area contributed by atoms with Crippen molar-refractivity contribution in [2.75, 3.05) is 7.11 Å². The molecule has 0 saturated carbocycles.